The standard InChI is InChI=1S/C17H24N2O3/c1-12-11-21-15(18-12)14(10-13-8-6-5-7-9-13)19-16(20)22-17(2,3)4/h5-9,12,14H,10-11H2,1-4H3,(H,19,20)/t12-,14-/m0/s1. The summed E-state index contributed by atoms with van der Waals surface area (Å²) in [5, 5.41) is 2.87. The van der Waals surface area contributed by atoms with E-state index in [0.29, 0.717) is 18.9 Å². The van der Waals surface area contributed by atoms with E-state index in [1.54, 1.807) is 0 Å². The lowest BCUT2D eigenvalue weighted by Crippen LogP contribution is -2.44. The lowest BCUT2D eigenvalue weighted by Gasteiger charge is -2.23. The van der Waals surface area contributed by atoms with Gasteiger partial charge in [0.25, 0.3) is 0 Å². The van der Waals surface area contributed by atoms with Crippen LogP contribution in [0.2, 0.25) is 0 Å². The van der Waals surface area contributed by atoms with Crippen molar-refractivity contribution < 1.29 is 14.3 Å². The summed E-state index contributed by atoms with van der Waals surface area (Å²) in [4.78, 5) is 16.5. The van der Waals surface area contributed by atoms with E-state index in [2.05, 4.69) is 10.3 Å². The van der Waals surface area contributed by atoms with Crippen molar-refractivity contribution in [3.8, 4) is 0 Å². The van der Waals surface area contributed by atoms with Crippen molar-refractivity contribution >= 4 is 12.0 Å². The minimum atomic E-state index is -0.535. The highest BCUT2D eigenvalue weighted by molar-refractivity contribution is 5.87. The van der Waals surface area contributed by atoms with E-state index < -0.39 is 11.7 Å². The Kier molecular flexibility index (Phi) is 5.06. The average molecular weight is 304 g/mol. The van der Waals surface area contributed by atoms with Crippen LogP contribution in [0.4, 0.5) is 4.79 Å². The Bertz CT molecular complexity index is 535. The number of nitrogens with one attached hydrogen (secondary N) is 1. The van der Waals surface area contributed by atoms with Crippen molar-refractivity contribution in [3.63, 3.8) is 0 Å². The average Bonchev–Trinajstić information content (AvgIpc) is 2.84. The highest BCUT2D eigenvalue weighted by Crippen LogP contribution is 2.13. The Morgan fingerprint density at radius 3 is 2.64 bits per heavy atom. The van der Waals surface area contributed by atoms with Gasteiger partial charge in [0.1, 0.15) is 18.2 Å². The zero-order valence-electron chi connectivity index (χ0n) is 13.6. The summed E-state index contributed by atoms with van der Waals surface area (Å²) in [7, 11) is 0. The zero-order valence-corrected chi connectivity index (χ0v) is 13.6. The second kappa shape index (κ2) is 6.81. The van der Waals surface area contributed by atoms with Crippen LogP contribution in [-0.4, -0.2) is 36.3 Å². The predicted molar refractivity (Wildman–Crippen MR) is 86.2 cm³/mol. The van der Waals surface area contributed by atoms with E-state index >= 15 is 0 Å². The van der Waals surface area contributed by atoms with Gasteiger partial charge in [0.15, 0.2) is 0 Å². The molecule has 1 amide bonds. The van der Waals surface area contributed by atoms with E-state index in [9.17, 15) is 4.79 Å². The molecule has 0 saturated carbocycles. The van der Waals surface area contributed by atoms with Crippen LogP contribution in [0.15, 0.2) is 35.3 Å². The Balaban J connectivity index is 2.08. The van der Waals surface area contributed by atoms with Gasteiger partial charge < -0.3 is 14.8 Å². The predicted octanol–water partition coefficient (Wildman–Crippen LogP) is 2.94. The number of amides is 1. The van der Waals surface area contributed by atoms with Crippen molar-refractivity contribution in [2.24, 2.45) is 4.99 Å². The maximum atomic E-state index is 12.1. The molecule has 0 radical (unpaired) electrons. The number of hydrogen-bond donors (Lipinski definition) is 1. The lowest BCUT2D eigenvalue weighted by molar-refractivity contribution is 0.0513. The van der Waals surface area contributed by atoms with E-state index in [1.165, 1.54) is 0 Å². The molecule has 1 aromatic rings. The highest BCUT2D eigenvalue weighted by atomic mass is 16.6. The Morgan fingerprint density at radius 2 is 2.09 bits per heavy atom. The van der Waals surface area contributed by atoms with Crippen LogP contribution in [0, 0.1) is 0 Å². The van der Waals surface area contributed by atoms with Gasteiger partial charge in [0.2, 0.25) is 5.90 Å². The first-order valence-corrected chi connectivity index (χ1v) is 7.57. The van der Waals surface area contributed by atoms with Crippen molar-refractivity contribution in [1.82, 2.24) is 5.32 Å². The summed E-state index contributed by atoms with van der Waals surface area (Å²) in [5.41, 5.74) is 0.571. The minimum absolute atomic E-state index is 0.119. The molecule has 0 aliphatic carbocycles. The van der Waals surface area contributed by atoms with Crippen molar-refractivity contribution in [1.29, 1.82) is 0 Å². The minimum Gasteiger partial charge on any atom is -0.477 e. The van der Waals surface area contributed by atoms with Crippen LogP contribution in [0.3, 0.4) is 0 Å². The van der Waals surface area contributed by atoms with Crippen molar-refractivity contribution in [3.05, 3.63) is 35.9 Å². The van der Waals surface area contributed by atoms with Crippen LogP contribution >= 0.6 is 0 Å². The molecule has 1 aromatic carbocycles. The molecular formula is C17H24N2O3. The molecule has 1 heterocycles. The van der Waals surface area contributed by atoms with Gasteiger partial charge in [0.05, 0.1) is 6.04 Å². The summed E-state index contributed by atoms with van der Waals surface area (Å²) in [6, 6.07) is 9.74. The molecule has 2 rings (SSSR count). The number of carbonyl (C=O) groups is 1. The molecule has 5 nitrogen and oxygen atoms in total. The number of rotatable bonds is 4. The normalized spacial score (nSPS) is 19.1. The van der Waals surface area contributed by atoms with Crippen LogP contribution in [-0.2, 0) is 15.9 Å². The van der Waals surface area contributed by atoms with Crippen LogP contribution in [0.5, 0.6) is 0 Å². The third-order valence-corrected chi connectivity index (χ3v) is 3.09. The summed E-state index contributed by atoms with van der Waals surface area (Å²) >= 11 is 0. The summed E-state index contributed by atoms with van der Waals surface area (Å²) < 4.78 is 10.9. The number of hydrogen-bond acceptors (Lipinski definition) is 4. The van der Waals surface area contributed by atoms with Gasteiger partial charge in [-0.05, 0) is 33.3 Å². The third-order valence-electron chi connectivity index (χ3n) is 3.09. The van der Waals surface area contributed by atoms with E-state index in [0.717, 1.165) is 5.56 Å². The molecule has 0 saturated heterocycles. The van der Waals surface area contributed by atoms with Gasteiger partial charge in [0, 0.05) is 6.42 Å². The summed E-state index contributed by atoms with van der Waals surface area (Å²) in [5.74, 6) is 0.571. The quantitative estimate of drug-likeness (QED) is 0.930. The fraction of sp³-hybridized carbons (Fsp3) is 0.529. The number of carbonyl (C=O) groups excluding carboxylic acids is 1. The first kappa shape index (κ1) is 16.3. The Hall–Kier alpha value is -2.04. The second-order valence-corrected chi connectivity index (χ2v) is 6.52. The maximum Gasteiger partial charge on any atom is 0.408 e. The van der Waals surface area contributed by atoms with Gasteiger partial charge in [-0.3, -0.25) is 0 Å². The molecule has 5 heteroatoms. The molecule has 22 heavy (non-hydrogen) atoms. The van der Waals surface area contributed by atoms with Crippen LogP contribution in [0.1, 0.15) is 33.3 Å². The maximum absolute atomic E-state index is 12.1. The molecule has 0 fully saturated rings. The lowest BCUT2D eigenvalue weighted by atomic mass is 10.1. The SMILES string of the molecule is C[C@H]1COC([C@H](Cc2ccccc2)NC(=O)OC(C)(C)C)=N1. The molecule has 2 atom stereocenters. The molecule has 1 N–H and O–H groups in total. The van der Waals surface area contributed by atoms with Crippen molar-refractivity contribution in [2.45, 2.75) is 51.8 Å². The summed E-state index contributed by atoms with van der Waals surface area (Å²) in [6.07, 6.45) is 0.158. The van der Waals surface area contributed by atoms with Gasteiger partial charge in [-0.2, -0.15) is 0 Å². The van der Waals surface area contributed by atoms with Crippen LogP contribution in [0.25, 0.3) is 0 Å². The van der Waals surface area contributed by atoms with E-state index in [4.69, 9.17) is 9.47 Å². The summed E-state index contributed by atoms with van der Waals surface area (Å²) in [6.45, 7) is 8.05. The van der Waals surface area contributed by atoms with E-state index in [-0.39, 0.29) is 12.1 Å². The first-order chi connectivity index (χ1) is 10.3. The van der Waals surface area contributed by atoms with Crippen molar-refractivity contribution in [2.75, 3.05) is 6.61 Å². The molecule has 0 aromatic heterocycles. The first-order valence-electron chi connectivity index (χ1n) is 7.57. The highest BCUT2D eigenvalue weighted by Gasteiger charge is 2.27. The molecule has 1 aliphatic heterocycles. The number of aliphatic imine (C=N–C) groups is 1. The van der Waals surface area contributed by atoms with Gasteiger partial charge in [-0.25, -0.2) is 9.79 Å². The van der Waals surface area contributed by atoms with Gasteiger partial charge in [-0.15, -0.1) is 0 Å². The topological polar surface area (TPSA) is 59.9 Å². The zero-order chi connectivity index (χ0) is 16.2. The largest absolute Gasteiger partial charge is 0.477 e. The Labute approximate surface area is 131 Å². The molecule has 1 aliphatic rings. The number of benzene rings is 1. The second-order valence-electron chi connectivity index (χ2n) is 6.52. The fourth-order valence-corrected chi connectivity index (χ4v) is 2.19. The van der Waals surface area contributed by atoms with Gasteiger partial charge >= 0.3 is 6.09 Å². The third kappa shape index (κ3) is 5.06. The van der Waals surface area contributed by atoms with E-state index in [1.807, 2.05) is 58.0 Å². The Morgan fingerprint density at radius 1 is 1.41 bits per heavy atom. The molecule has 120 valence electrons. The monoisotopic (exact) mass is 304 g/mol. The number of nitrogens with zero attached hydrogens (tertiary/aromatic N) is 1. The smallest absolute Gasteiger partial charge is 0.408 e. The van der Waals surface area contributed by atoms with Gasteiger partial charge in [-0.1, -0.05) is 30.3 Å². The molecule has 0 unspecified atom stereocenters. The molecule has 0 bridgehead atoms. The van der Waals surface area contributed by atoms with Crippen LogP contribution < -0.4 is 5.32 Å². The fourth-order valence-electron chi connectivity index (χ4n) is 2.19. The molecular weight excluding hydrogens is 280 g/mol. The molecule has 0 spiro atoms. The number of alkyl carbamates (subject to hydrolysis) is 1. The number of ether oxygens (including phenoxy) is 2.